The van der Waals surface area contributed by atoms with Crippen molar-refractivity contribution in [2.75, 3.05) is 7.05 Å². The Hall–Kier alpha value is -0.740. The lowest BCUT2D eigenvalue weighted by Crippen LogP contribution is -2.22. The molecule has 1 rings (SSSR count). The second kappa shape index (κ2) is 4.41. The molecule has 0 aliphatic heterocycles. The molecule has 1 aromatic heterocycles. The molecule has 15 heavy (non-hydrogen) atoms. The Balaban J connectivity index is 3.14. The van der Waals surface area contributed by atoms with E-state index in [2.05, 4.69) is 42.3 Å². The molecule has 1 N–H and O–H groups in total. The van der Waals surface area contributed by atoms with Gasteiger partial charge in [0.1, 0.15) is 0 Å². The number of nitrogens with one attached hydrogen (secondary N) is 1. The maximum Gasteiger partial charge on any atom is 0.0860 e. The second-order valence-corrected chi connectivity index (χ2v) is 5.59. The summed E-state index contributed by atoms with van der Waals surface area (Å²) < 4.78 is 4.05. The second-order valence-electron chi connectivity index (χ2n) is 4.80. The van der Waals surface area contributed by atoms with Gasteiger partial charge in [-0.1, -0.05) is 37.4 Å². The van der Waals surface area contributed by atoms with Gasteiger partial charge in [-0.25, -0.2) is 0 Å². The van der Waals surface area contributed by atoms with Crippen molar-refractivity contribution in [3.05, 3.63) is 22.7 Å². The van der Waals surface area contributed by atoms with Crippen LogP contribution >= 0.6 is 11.5 Å². The van der Waals surface area contributed by atoms with E-state index in [1.165, 1.54) is 16.4 Å². The van der Waals surface area contributed by atoms with E-state index in [9.17, 15) is 0 Å². The molecule has 0 bridgehead atoms. The molecule has 0 aliphatic rings. The lowest BCUT2D eigenvalue weighted by molar-refractivity contribution is 0.548. The third kappa shape index (κ3) is 2.63. The molecule has 4 heteroatoms. The van der Waals surface area contributed by atoms with Gasteiger partial charge in [0.2, 0.25) is 0 Å². The van der Waals surface area contributed by atoms with Gasteiger partial charge in [0.25, 0.3) is 0 Å². The van der Waals surface area contributed by atoms with Crippen LogP contribution in [-0.2, 0) is 5.41 Å². The Kier molecular flexibility index (Phi) is 3.62. The first-order chi connectivity index (χ1) is 6.88. The van der Waals surface area contributed by atoms with Crippen molar-refractivity contribution < 1.29 is 0 Å². The summed E-state index contributed by atoms with van der Waals surface area (Å²) in [5.41, 5.74) is 2.19. The Morgan fingerprint density at radius 3 is 2.47 bits per heavy atom. The lowest BCUT2D eigenvalue weighted by atomic mass is 9.89. The highest BCUT2D eigenvalue weighted by Gasteiger charge is 2.26. The van der Waals surface area contributed by atoms with Crippen molar-refractivity contribution in [3.8, 4) is 0 Å². The van der Waals surface area contributed by atoms with Crippen molar-refractivity contribution >= 4 is 11.5 Å². The first-order valence-corrected chi connectivity index (χ1v) is 5.80. The third-order valence-corrected chi connectivity index (χ3v) is 3.06. The highest BCUT2D eigenvalue weighted by Crippen LogP contribution is 2.32. The summed E-state index contributed by atoms with van der Waals surface area (Å²) in [6.07, 6.45) is 0. The smallest absolute Gasteiger partial charge is 0.0860 e. The topological polar surface area (TPSA) is 37.8 Å². The molecule has 0 spiro atoms. The van der Waals surface area contributed by atoms with Crippen molar-refractivity contribution in [1.29, 1.82) is 0 Å². The molecule has 1 unspecified atom stereocenters. The Morgan fingerprint density at radius 2 is 2.07 bits per heavy atom. The van der Waals surface area contributed by atoms with Crippen LogP contribution in [0.25, 0.3) is 0 Å². The van der Waals surface area contributed by atoms with E-state index in [0.717, 1.165) is 11.3 Å². The number of aromatic nitrogens is 2. The molecular formula is C11H19N3S. The van der Waals surface area contributed by atoms with Crippen molar-refractivity contribution in [1.82, 2.24) is 14.9 Å². The van der Waals surface area contributed by atoms with Gasteiger partial charge in [-0.2, -0.15) is 0 Å². The maximum absolute atomic E-state index is 4.23. The predicted octanol–water partition coefficient (Wildman–Crippen LogP) is 2.67. The van der Waals surface area contributed by atoms with E-state index in [1.807, 2.05) is 14.0 Å². The Labute approximate surface area is 95.8 Å². The fourth-order valence-electron chi connectivity index (χ4n) is 1.51. The minimum absolute atomic E-state index is 0.0346. The van der Waals surface area contributed by atoms with Crippen LogP contribution in [0.3, 0.4) is 0 Å². The van der Waals surface area contributed by atoms with Crippen LogP contribution in [-0.4, -0.2) is 16.6 Å². The van der Waals surface area contributed by atoms with Crippen molar-refractivity contribution in [2.45, 2.75) is 39.2 Å². The van der Waals surface area contributed by atoms with Crippen LogP contribution in [0.1, 0.15) is 44.3 Å². The van der Waals surface area contributed by atoms with Crippen LogP contribution < -0.4 is 5.32 Å². The van der Waals surface area contributed by atoms with E-state index < -0.39 is 0 Å². The van der Waals surface area contributed by atoms with E-state index >= 15 is 0 Å². The van der Waals surface area contributed by atoms with Crippen molar-refractivity contribution in [2.24, 2.45) is 0 Å². The maximum atomic E-state index is 4.23. The number of rotatable bonds is 3. The summed E-state index contributed by atoms with van der Waals surface area (Å²) in [5, 5.41) is 7.47. The lowest BCUT2D eigenvalue weighted by Gasteiger charge is -2.21. The van der Waals surface area contributed by atoms with Crippen LogP contribution in [0, 0.1) is 0 Å². The number of likely N-dealkylation sites (N-methyl/N-ethyl adjacent to an activating group) is 1. The molecule has 0 amide bonds. The van der Waals surface area contributed by atoms with E-state index in [0.29, 0.717) is 0 Å². The summed E-state index contributed by atoms with van der Waals surface area (Å²) in [5.74, 6) is 0. The number of hydrogen-bond acceptors (Lipinski definition) is 4. The van der Waals surface area contributed by atoms with Crippen LogP contribution in [0.15, 0.2) is 12.2 Å². The molecule has 0 saturated heterocycles. The SMILES string of the molecule is C=C(C)C(NC)c1snnc1C(C)(C)C. The Bertz CT molecular complexity index is 349. The molecule has 84 valence electrons. The van der Waals surface area contributed by atoms with Gasteiger partial charge >= 0.3 is 0 Å². The van der Waals surface area contributed by atoms with Gasteiger partial charge in [-0.3, -0.25) is 0 Å². The minimum Gasteiger partial charge on any atom is -0.309 e. The minimum atomic E-state index is 0.0346. The average molecular weight is 225 g/mol. The molecule has 1 heterocycles. The quantitative estimate of drug-likeness (QED) is 0.804. The first-order valence-electron chi connectivity index (χ1n) is 5.03. The number of hydrogen-bond donors (Lipinski definition) is 1. The third-order valence-electron chi connectivity index (χ3n) is 2.27. The standard InChI is InChI=1S/C11H19N3S/c1-7(2)8(12-6)9-10(11(3,4)5)13-14-15-9/h8,12H,1H2,2-6H3. The van der Waals surface area contributed by atoms with Crippen LogP contribution in [0.2, 0.25) is 0 Å². The monoisotopic (exact) mass is 225 g/mol. The molecule has 0 radical (unpaired) electrons. The van der Waals surface area contributed by atoms with E-state index in [1.54, 1.807) is 0 Å². The Morgan fingerprint density at radius 1 is 1.47 bits per heavy atom. The fourth-order valence-corrected chi connectivity index (χ4v) is 2.58. The van der Waals surface area contributed by atoms with Crippen LogP contribution in [0.5, 0.6) is 0 Å². The van der Waals surface area contributed by atoms with Gasteiger partial charge < -0.3 is 5.32 Å². The zero-order chi connectivity index (χ0) is 11.6. The highest BCUT2D eigenvalue weighted by atomic mass is 32.1. The molecule has 1 aromatic rings. The fraction of sp³-hybridized carbons (Fsp3) is 0.636. The van der Waals surface area contributed by atoms with Gasteiger partial charge in [-0.05, 0) is 25.5 Å². The molecule has 0 aliphatic carbocycles. The summed E-state index contributed by atoms with van der Waals surface area (Å²) in [7, 11) is 1.94. The summed E-state index contributed by atoms with van der Waals surface area (Å²) in [6, 6.07) is 0.166. The summed E-state index contributed by atoms with van der Waals surface area (Å²) >= 11 is 1.45. The molecule has 0 fully saturated rings. The molecular weight excluding hydrogens is 206 g/mol. The zero-order valence-corrected chi connectivity index (χ0v) is 10.9. The predicted molar refractivity (Wildman–Crippen MR) is 65.2 cm³/mol. The molecule has 1 atom stereocenters. The number of nitrogens with zero attached hydrogens (tertiary/aromatic N) is 2. The normalized spacial score (nSPS) is 13.9. The average Bonchev–Trinajstić information content (AvgIpc) is 2.52. The highest BCUT2D eigenvalue weighted by molar-refractivity contribution is 7.05. The van der Waals surface area contributed by atoms with E-state index in [-0.39, 0.29) is 11.5 Å². The first kappa shape index (κ1) is 12.3. The summed E-state index contributed by atoms with van der Waals surface area (Å²) in [6.45, 7) is 12.5. The largest absolute Gasteiger partial charge is 0.309 e. The molecule has 3 nitrogen and oxygen atoms in total. The van der Waals surface area contributed by atoms with Crippen LogP contribution in [0.4, 0.5) is 0 Å². The molecule has 0 aromatic carbocycles. The summed E-state index contributed by atoms with van der Waals surface area (Å²) in [4.78, 5) is 1.18. The zero-order valence-electron chi connectivity index (χ0n) is 10.1. The van der Waals surface area contributed by atoms with Gasteiger partial charge in [0.05, 0.1) is 16.6 Å². The van der Waals surface area contributed by atoms with Gasteiger partial charge in [-0.15, -0.1) is 5.10 Å². The van der Waals surface area contributed by atoms with E-state index in [4.69, 9.17) is 0 Å². The molecule has 0 saturated carbocycles. The van der Waals surface area contributed by atoms with Gasteiger partial charge in [0, 0.05) is 5.41 Å². The van der Waals surface area contributed by atoms with Crippen molar-refractivity contribution in [3.63, 3.8) is 0 Å². The van der Waals surface area contributed by atoms with Gasteiger partial charge in [0.15, 0.2) is 0 Å².